The molecular weight excluding hydrogens is 174 g/mol. The van der Waals surface area contributed by atoms with Crippen LogP contribution in [0.15, 0.2) is 12.7 Å². The van der Waals surface area contributed by atoms with Crippen molar-refractivity contribution in [2.75, 3.05) is 7.11 Å². The van der Waals surface area contributed by atoms with Crippen molar-refractivity contribution in [3.63, 3.8) is 0 Å². The van der Waals surface area contributed by atoms with Crippen molar-refractivity contribution in [1.82, 2.24) is 0 Å². The summed E-state index contributed by atoms with van der Waals surface area (Å²) in [6.45, 7) is 5.77. The highest BCUT2D eigenvalue weighted by Gasteiger charge is 2.07. The predicted octanol–water partition coefficient (Wildman–Crippen LogP) is 2.88. The Hall–Kier alpha value is -0.340. The van der Waals surface area contributed by atoms with E-state index >= 15 is 0 Å². The second kappa shape index (κ2) is 9.22. The molecule has 0 saturated heterocycles. The maximum Gasteiger partial charge on any atom is 0.0558 e. The van der Waals surface area contributed by atoms with E-state index < -0.39 is 0 Å². The Morgan fingerprint density at radius 1 is 1.36 bits per heavy atom. The first-order valence-corrected chi connectivity index (χ1v) is 5.60. The third-order valence-electron chi connectivity index (χ3n) is 2.52. The van der Waals surface area contributed by atoms with Crippen LogP contribution in [0.4, 0.5) is 0 Å². The van der Waals surface area contributed by atoms with Crippen LogP contribution in [0.3, 0.4) is 0 Å². The molecule has 0 saturated carbocycles. The van der Waals surface area contributed by atoms with Gasteiger partial charge in [0.15, 0.2) is 0 Å². The van der Waals surface area contributed by atoms with Crippen LogP contribution in [0.1, 0.15) is 45.4 Å². The number of ether oxygens (including phenoxy) is 1. The molecule has 0 aliphatic heterocycles. The SMILES string of the molecule is C=CCCCCCC(N)CC(C)OC. The molecule has 2 heteroatoms. The highest BCUT2D eigenvalue weighted by molar-refractivity contribution is 4.68. The fourth-order valence-corrected chi connectivity index (χ4v) is 1.51. The lowest BCUT2D eigenvalue weighted by atomic mass is 10.0. The van der Waals surface area contributed by atoms with Crippen LogP contribution in [-0.4, -0.2) is 19.3 Å². The standard InChI is InChI=1S/C12H25NO/c1-4-5-6-7-8-9-12(13)10-11(2)14-3/h4,11-12H,1,5-10,13H2,2-3H3. The Kier molecular flexibility index (Phi) is 9.00. The van der Waals surface area contributed by atoms with E-state index in [1.165, 1.54) is 19.3 Å². The summed E-state index contributed by atoms with van der Waals surface area (Å²) in [5.74, 6) is 0. The van der Waals surface area contributed by atoms with Crippen LogP contribution in [-0.2, 0) is 4.74 Å². The summed E-state index contributed by atoms with van der Waals surface area (Å²) in [6.07, 6.45) is 9.22. The third kappa shape index (κ3) is 8.27. The molecular formula is C12H25NO. The van der Waals surface area contributed by atoms with Crippen LogP contribution in [0.5, 0.6) is 0 Å². The number of rotatable bonds is 9. The van der Waals surface area contributed by atoms with Crippen LogP contribution < -0.4 is 5.73 Å². The quantitative estimate of drug-likeness (QED) is 0.458. The fourth-order valence-electron chi connectivity index (χ4n) is 1.51. The summed E-state index contributed by atoms with van der Waals surface area (Å²) < 4.78 is 5.17. The molecule has 0 aliphatic rings. The van der Waals surface area contributed by atoms with Crippen molar-refractivity contribution < 1.29 is 4.74 Å². The van der Waals surface area contributed by atoms with Gasteiger partial charge < -0.3 is 10.5 Å². The topological polar surface area (TPSA) is 35.2 Å². The van der Waals surface area contributed by atoms with Gasteiger partial charge in [0.05, 0.1) is 6.10 Å². The molecule has 0 rings (SSSR count). The average Bonchev–Trinajstić information content (AvgIpc) is 2.17. The summed E-state index contributed by atoms with van der Waals surface area (Å²) in [6, 6.07) is 0.300. The molecule has 0 heterocycles. The van der Waals surface area contributed by atoms with Crippen LogP contribution in [0, 0.1) is 0 Å². The Morgan fingerprint density at radius 2 is 2.07 bits per heavy atom. The van der Waals surface area contributed by atoms with Gasteiger partial charge in [0.2, 0.25) is 0 Å². The predicted molar refractivity (Wildman–Crippen MR) is 62.3 cm³/mol. The minimum Gasteiger partial charge on any atom is -0.382 e. The maximum atomic E-state index is 5.96. The zero-order chi connectivity index (χ0) is 10.8. The van der Waals surface area contributed by atoms with E-state index in [1.54, 1.807) is 7.11 Å². The van der Waals surface area contributed by atoms with Gasteiger partial charge in [-0.1, -0.05) is 18.9 Å². The molecule has 84 valence electrons. The molecule has 0 bridgehead atoms. The molecule has 0 aromatic rings. The molecule has 2 unspecified atom stereocenters. The first-order chi connectivity index (χ1) is 6.70. The smallest absolute Gasteiger partial charge is 0.0558 e. The molecule has 2 atom stereocenters. The van der Waals surface area contributed by atoms with E-state index in [4.69, 9.17) is 10.5 Å². The van der Waals surface area contributed by atoms with Crippen LogP contribution in [0.25, 0.3) is 0 Å². The minimum atomic E-state index is 0.290. The minimum absolute atomic E-state index is 0.290. The molecule has 0 aromatic carbocycles. The molecule has 14 heavy (non-hydrogen) atoms. The van der Waals surface area contributed by atoms with E-state index in [0.717, 1.165) is 19.3 Å². The molecule has 0 aromatic heterocycles. The molecule has 0 radical (unpaired) electrons. The van der Waals surface area contributed by atoms with Gasteiger partial charge in [-0.15, -0.1) is 6.58 Å². The normalized spacial score (nSPS) is 15.1. The van der Waals surface area contributed by atoms with E-state index in [2.05, 4.69) is 13.5 Å². The van der Waals surface area contributed by atoms with Crippen molar-refractivity contribution >= 4 is 0 Å². The molecule has 2 N–H and O–H groups in total. The lowest BCUT2D eigenvalue weighted by Gasteiger charge is -2.15. The first-order valence-electron chi connectivity index (χ1n) is 5.60. The van der Waals surface area contributed by atoms with Crippen LogP contribution in [0.2, 0.25) is 0 Å². The number of methoxy groups -OCH3 is 1. The monoisotopic (exact) mass is 199 g/mol. The number of unbranched alkanes of at least 4 members (excludes halogenated alkanes) is 3. The van der Waals surface area contributed by atoms with Crippen molar-refractivity contribution in [3.8, 4) is 0 Å². The highest BCUT2D eigenvalue weighted by atomic mass is 16.5. The van der Waals surface area contributed by atoms with E-state index in [0.29, 0.717) is 6.04 Å². The summed E-state index contributed by atoms with van der Waals surface area (Å²) in [5, 5.41) is 0. The van der Waals surface area contributed by atoms with E-state index in [9.17, 15) is 0 Å². The summed E-state index contributed by atoms with van der Waals surface area (Å²) in [7, 11) is 1.74. The van der Waals surface area contributed by atoms with Gasteiger partial charge in [0.25, 0.3) is 0 Å². The third-order valence-corrected chi connectivity index (χ3v) is 2.52. The van der Waals surface area contributed by atoms with Gasteiger partial charge in [-0.05, 0) is 32.6 Å². The van der Waals surface area contributed by atoms with E-state index in [-0.39, 0.29) is 6.10 Å². The van der Waals surface area contributed by atoms with Crippen molar-refractivity contribution in [1.29, 1.82) is 0 Å². The Labute approximate surface area is 88.5 Å². The molecule has 0 aliphatic carbocycles. The Morgan fingerprint density at radius 3 is 2.64 bits per heavy atom. The highest BCUT2D eigenvalue weighted by Crippen LogP contribution is 2.09. The van der Waals surface area contributed by atoms with Gasteiger partial charge in [-0.25, -0.2) is 0 Å². The second-order valence-electron chi connectivity index (χ2n) is 3.97. The lowest BCUT2D eigenvalue weighted by molar-refractivity contribution is 0.103. The Bertz CT molecular complexity index is 136. The van der Waals surface area contributed by atoms with Gasteiger partial charge in [0, 0.05) is 13.2 Å². The summed E-state index contributed by atoms with van der Waals surface area (Å²) >= 11 is 0. The van der Waals surface area contributed by atoms with Crippen molar-refractivity contribution in [3.05, 3.63) is 12.7 Å². The van der Waals surface area contributed by atoms with Gasteiger partial charge in [-0.3, -0.25) is 0 Å². The largest absolute Gasteiger partial charge is 0.382 e. The van der Waals surface area contributed by atoms with Gasteiger partial charge in [0.1, 0.15) is 0 Å². The van der Waals surface area contributed by atoms with Gasteiger partial charge in [-0.2, -0.15) is 0 Å². The number of hydrogen-bond acceptors (Lipinski definition) is 2. The maximum absolute atomic E-state index is 5.96. The van der Waals surface area contributed by atoms with Crippen molar-refractivity contribution in [2.45, 2.75) is 57.6 Å². The van der Waals surface area contributed by atoms with Crippen LogP contribution >= 0.6 is 0 Å². The summed E-state index contributed by atoms with van der Waals surface area (Å²) in [4.78, 5) is 0. The molecule has 2 nitrogen and oxygen atoms in total. The van der Waals surface area contributed by atoms with E-state index in [1.807, 2.05) is 6.08 Å². The number of nitrogens with two attached hydrogens (primary N) is 1. The zero-order valence-electron chi connectivity index (χ0n) is 9.67. The lowest BCUT2D eigenvalue weighted by Crippen LogP contribution is -2.25. The number of hydrogen-bond donors (Lipinski definition) is 1. The molecule has 0 amide bonds. The first kappa shape index (κ1) is 13.7. The molecule has 0 fully saturated rings. The van der Waals surface area contributed by atoms with Gasteiger partial charge >= 0.3 is 0 Å². The molecule has 0 spiro atoms. The van der Waals surface area contributed by atoms with Crippen molar-refractivity contribution in [2.24, 2.45) is 5.73 Å². The second-order valence-corrected chi connectivity index (χ2v) is 3.97. The Balaban J connectivity index is 3.26. The fraction of sp³-hybridized carbons (Fsp3) is 0.833. The summed E-state index contributed by atoms with van der Waals surface area (Å²) in [5.41, 5.74) is 5.96. The average molecular weight is 199 g/mol. The number of allylic oxidation sites excluding steroid dienone is 1. The zero-order valence-corrected chi connectivity index (χ0v) is 9.67.